The first kappa shape index (κ1) is 58.8. The average Bonchev–Trinajstić information content (AvgIpc) is 3.28. The predicted octanol–water partition coefficient (Wildman–Crippen LogP) is 1.72. The van der Waals surface area contributed by atoms with Crippen molar-refractivity contribution in [3.05, 3.63) is 99.6 Å². The molecule has 0 radical (unpaired) electrons. The second-order valence-corrected chi connectivity index (χ2v) is 25.5. The maximum Gasteiger partial charge on any atom is 0.396 e. The third kappa shape index (κ3) is 13.1. The molecule has 5 atom stereocenters. The van der Waals surface area contributed by atoms with Crippen LogP contribution in [-0.4, -0.2) is 138 Å². The van der Waals surface area contributed by atoms with E-state index in [9.17, 15) is 65.9 Å². The SMILES string of the molecule is Cn1c(=O)n(C2CCC(=O)NC2=O)c2ccc(C[C@H]3CC[C@H](CC(=O)N4CC[C@H]5CC[C@@H](C(=O)N[C@@H](CCC(N)=O)C(=O)NCc6ccc(S(C)(=O)=O)cc6)N5C(=O)[C@@H](NC(=O)c5cc6cc(C(=O)P(=O)(O)O)ccc6[nH]5)C4)CC3)cc21. The van der Waals surface area contributed by atoms with E-state index < -0.39 is 88.6 Å². The maximum absolute atomic E-state index is 15.0. The van der Waals surface area contributed by atoms with Crippen molar-refractivity contribution in [2.45, 2.75) is 125 Å². The van der Waals surface area contributed by atoms with Gasteiger partial charge in [0.15, 0.2) is 9.84 Å². The molecule has 5 heterocycles. The topological polar surface area (TPSA) is 369 Å². The highest BCUT2D eigenvalue weighted by Crippen LogP contribution is 2.40. The number of primary amides is 1. The van der Waals surface area contributed by atoms with Crippen LogP contribution in [0.15, 0.2) is 76.4 Å². The standard InChI is InChI=1S/C55H65N10O15PS/c1-62-45-24-33(9-16-42(45)65(55(62)75)44-18-20-47(67)61-52(44)72)23-30-3-5-31(6-4-30)25-48(68)63-22-21-36-11-17-43(51(71)59-39(15-19-46(56)66)49(69)57-28-32-7-12-37(13-8-32)82(2,79)80)64(36)53(73)41(29-63)60-50(70)40-27-35-26-34(10-14-38(35)58-40)54(74)81(76,77)78/h7-10,12-14,16,24,26-27,30-31,36,39,41,43-44,58H,3-6,11,15,17-23,25,28-29H2,1-2H3,(H2,56,66)(H,57,69)(H,59,71)(H,60,70)(H,61,67,72)(H2,76,77,78)/t30-,31-,36-,39+,41+,43+,44?/m1/s1. The zero-order valence-corrected chi connectivity index (χ0v) is 46.8. The molecule has 3 aliphatic heterocycles. The van der Waals surface area contributed by atoms with E-state index in [1.165, 1.54) is 62.6 Å². The number of nitrogens with zero attached hydrogens (tertiary/aromatic N) is 4. The molecule has 25 nitrogen and oxygen atoms in total. The normalized spacial score (nSPS) is 22.0. The Balaban J connectivity index is 0.889. The first-order chi connectivity index (χ1) is 38.8. The molecule has 1 aliphatic carbocycles. The van der Waals surface area contributed by atoms with Crippen LogP contribution in [0.5, 0.6) is 0 Å². The minimum Gasteiger partial charge on any atom is -0.370 e. The summed E-state index contributed by atoms with van der Waals surface area (Å²) in [5.74, 6) is -4.43. The van der Waals surface area contributed by atoms with E-state index in [2.05, 4.69) is 26.3 Å². The van der Waals surface area contributed by atoms with Crippen LogP contribution in [-0.2, 0) is 68.0 Å². The predicted molar refractivity (Wildman–Crippen MR) is 295 cm³/mol. The molecule has 1 saturated carbocycles. The lowest BCUT2D eigenvalue weighted by molar-refractivity contribution is -0.146. The van der Waals surface area contributed by atoms with Crippen molar-refractivity contribution < 1.29 is 65.9 Å². The Bertz CT molecular complexity index is 3640. The molecule has 4 aliphatic rings. The molecule has 0 spiro atoms. The molecule has 2 aromatic heterocycles. The summed E-state index contributed by atoms with van der Waals surface area (Å²) in [6.45, 7) is -0.168. The van der Waals surface area contributed by atoms with E-state index in [0.29, 0.717) is 28.5 Å². The number of imidazole rings is 1. The number of aromatic amines is 1. The van der Waals surface area contributed by atoms with E-state index >= 15 is 4.79 Å². The van der Waals surface area contributed by atoms with Crippen molar-refractivity contribution in [2.24, 2.45) is 24.6 Å². The van der Waals surface area contributed by atoms with Crippen LogP contribution in [0, 0.1) is 11.8 Å². The number of hydrogen-bond acceptors (Lipinski definition) is 13. The van der Waals surface area contributed by atoms with E-state index in [4.69, 9.17) is 5.73 Å². The summed E-state index contributed by atoms with van der Waals surface area (Å²) in [5.41, 5.74) is 6.45. The number of benzene rings is 3. The molecule has 82 heavy (non-hydrogen) atoms. The summed E-state index contributed by atoms with van der Waals surface area (Å²) in [6, 6.07) is 11.4. The van der Waals surface area contributed by atoms with E-state index in [1.54, 1.807) is 11.9 Å². The summed E-state index contributed by atoms with van der Waals surface area (Å²) in [6.07, 6.45) is 5.70. The van der Waals surface area contributed by atoms with Crippen LogP contribution >= 0.6 is 7.60 Å². The fourth-order valence-corrected chi connectivity index (χ4v) is 13.0. The van der Waals surface area contributed by atoms with Gasteiger partial charge in [0.2, 0.25) is 41.4 Å². The van der Waals surface area contributed by atoms with Crippen molar-refractivity contribution in [2.75, 3.05) is 19.3 Å². The van der Waals surface area contributed by atoms with Crippen LogP contribution in [0.3, 0.4) is 0 Å². The number of aryl methyl sites for hydroxylation is 1. The highest BCUT2D eigenvalue weighted by atomic mass is 32.2. The third-order valence-electron chi connectivity index (χ3n) is 16.3. The zero-order chi connectivity index (χ0) is 58.9. The maximum atomic E-state index is 15.0. The van der Waals surface area contributed by atoms with Crippen molar-refractivity contribution in [1.82, 2.24) is 45.2 Å². The average molecular weight is 1170 g/mol. The first-order valence-corrected chi connectivity index (χ1v) is 30.7. The number of H-pyrrole nitrogens is 1. The number of aromatic nitrogens is 3. The number of carbonyl (C=O) groups excluding carboxylic acids is 9. The van der Waals surface area contributed by atoms with E-state index in [0.717, 1.165) is 43.9 Å². The number of sulfone groups is 1. The smallest absolute Gasteiger partial charge is 0.370 e. The Hall–Kier alpha value is -7.80. The minimum atomic E-state index is -5.14. The summed E-state index contributed by atoms with van der Waals surface area (Å²) >= 11 is 0. The number of imide groups is 1. The second kappa shape index (κ2) is 24.0. The lowest BCUT2D eigenvalue weighted by Crippen LogP contribution is -2.62. The molecule has 9 N–H and O–H groups in total. The van der Waals surface area contributed by atoms with Gasteiger partial charge in [-0.05, 0) is 136 Å². The van der Waals surface area contributed by atoms with Crippen molar-refractivity contribution in [1.29, 1.82) is 0 Å². The Morgan fingerprint density at radius 2 is 1.55 bits per heavy atom. The Labute approximate surface area is 470 Å². The van der Waals surface area contributed by atoms with Crippen LogP contribution in [0.4, 0.5) is 0 Å². The van der Waals surface area contributed by atoms with Crippen LogP contribution in [0.25, 0.3) is 21.9 Å². The molecule has 3 saturated heterocycles. The molecular weight excluding hydrogens is 1100 g/mol. The molecule has 4 fully saturated rings. The number of hydrogen-bond donors (Lipinski definition) is 8. The van der Waals surface area contributed by atoms with Gasteiger partial charge in [0.1, 0.15) is 29.9 Å². The number of nitrogens with two attached hydrogens (primary N) is 1. The summed E-state index contributed by atoms with van der Waals surface area (Å²) in [5, 5.41) is 10.8. The quantitative estimate of drug-likeness (QED) is 0.0457. The van der Waals surface area contributed by atoms with Gasteiger partial charge < -0.3 is 46.3 Å². The Morgan fingerprint density at radius 1 is 0.841 bits per heavy atom. The monoisotopic (exact) mass is 1170 g/mol. The van der Waals surface area contributed by atoms with Gasteiger partial charge in [0.25, 0.3) is 11.4 Å². The largest absolute Gasteiger partial charge is 0.396 e. The lowest BCUT2D eigenvalue weighted by Gasteiger charge is -2.39. The number of fused-ring (bicyclic) bond motifs is 3. The number of piperidine rings is 1. The summed E-state index contributed by atoms with van der Waals surface area (Å²) in [7, 11) is -6.97. The highest BCUT2D eigenvalue weighted by Gasteiger charge is 2.46. The Kier molecular flexibility index (Phi) is 17.2. The van der Waals surface area contributed by atoms with Gasteiger partial charge in [-0.1, -0.05) is 18.2 Å². The van der Waals surface area contributed by atoms with Crippen molar-refractivity contribution in [3.63, 3.8) is 0 Å². The van der Waals surface area contributed by atoms with Crippen LogP contribution < -0.4 is 32.7 Å². The van der Waals surface area contributed by atoms with Crippen LogP contribution in [0.1, 0.15) is 115 Å². The van der Waals surface area contributed by atoms with Gasteiger partial charge >= 0.3 is 13.3 Å². The minimum absolute atomic E-state index is 0.00803. The number of nitrogens with one attached hydrogen (secondary N) is 5. The van der Waals surface area contributed by atoms with Gasteiger partial charge in [-0.15, -0.1) is 0 Å². The second-order valence-electron chi connectivity index (χ2n) is 22.0. The fraction of sp³-hybridized carbons (Fsp3) is 0.455. The highest BCUT2D eigenvalue weighted by molar-refractivity contribution is 7.90. The Morgan fingerprint density at radius 3 is 2.23 bits per heavy atom. The molecule has 0 bridgehead atoms. The molecule has 27 heteroatoms. The van der Waals surface area contributed by atoms with E-state index in [1.807, 2.05) is 18.2 Å². The zero-order valence-electron chi connectivity index (χ0n) is 45.1. The van der Waals surface area contributed by atoms with Gasteiger partial charge in [-0.3, -0.25) is 62.2 Å². The van der Waals surface area contributed by atoms with Gasteiger partial charge in [-0.2, -0.15) is 0 Å². The van der Waals surface area contributed by atoms with Gasteiger partial charge in [0.05, 0.1) is 15.9 Å². The molecule has 436 valence electrons. The fourth-order valence-electron chi connectivity index (χ4n) is 11.9. The van der Waals surface area contributed by atoms with Gasteiger partial charge in [0, 0.05) is 74.7 Å². The van der Waals surface area contributed by atoms with Crippen LogP contribution in [0.2, 0.25) is 0 Å². The van der Waals surface area contributed by atoms with Crippen molar-refractivity contribution in [3.8, 4) is 0 Å². The molecule has 8 amide bonds. The number of carbonyl (C=O) groups is 9. The van der Waals surface area contributed by atoms with Crippen molar-refractivity contribution >= 4 is 92.2 Å². The molecule has 1 unspecified atom stereocenters. The third-order valence-corrected chi connectivity index (χ3v) is 18.2. The molecule has 9 rings (SSSR count). The molecule has 5 aromatic rings. The molecule has 3 aromatic carbocycles. The van der Waals surface area contributed by atoms with Gasteiger partial charge in [-0.25, -0.2) is 13.2 Å². The number of rotatable bonds is 18. The summed E-state index contributed by atoms with van der Waals surface area (Å²) in [4.78, 5) is 159. The number of amides is 8. The first-order valence-electron chi connectivity index (χ1n) is 27.2. The summed E-state index contributed by atoms with van der Waals surface area (Å²) < 4.78 is 38.6. The van der Waals surface area contributed by atoms with E-state index in [-0.39, 0.29) is 115 Å². The molecular formula is C55H65N10O15PS. The lowest BCUT2D eigenvalue weighted by atomic mass is 9.78.